The number of imide groups is 2. The molecular weight excluding hydrogens is 362 g/mol. The van der Waals surface area contributed by atoms with Gasteiger partial charge in [0, 0.05) is 19.2 Å². The number of furan rings is 1. The van der Waals surface area contributed by atoms with E-state index in [1.54, 1.807) is 30.3 Å². The van der Waals surface area contributed by atoms with E-state index in [4.69, 9.17) is 9.15 Å². The molecule has 2 aromatic rings. The number of carbonyl (C=O) groups excluding carboxylic acids is 3. The average Bonchev–Trinajstić information content (AvgIpc) is 3.37. The van der Waals surface area contributed by atoms with Crippen molar-refractivity contribution < 1.29 is 23.5 Å². The van der Waals surface area contributed by atoms with Crippen molar-refractivity contribution in [1.82, 2.24) is 5.32 Å². The maximum Gasteiger partial charge on any atom is 0.335 e. The summed E-state index contributed by atoms with van der Waals surface area (Å²) in [6.45, 7) is 1.84. The van der Waals surface area contributed by atoms with Crippen LogP contribution in [0, 0.1) is 0 Å². The summed E-state index contributed by atoms with van der Waals surface area (Å²) in [6.07, 6.45) is 3.58. The Morgan fingerprint density at radius 3 is 2.43 bits per heavy atom. The van der Waals surface area contributed by atoms with Gasteiger partial charge >= 0.3 is 6.03 Å². The first-order valence-electron chi connectivity index (χ1n) is 8.97. The molecule has 2 aliphatic rings. The fourth-order valence-electron chi connectivity index (χ4n) is 3.29. The van der Waals surface area contributed by atoms with Crippen molar-refractivity contribution in [2.75, 3.05) is 30.0 Å². The van der Waals surface area contributed by atoms with Gasteiger partial charge in [-0.25, -0.2) is 9.69 Å². The molecule has 1 aromatic heterocycles. The first-order chi connectivity index (χ1) is 13.6. The Morgan fingerprint density at radius 2 is 1.75 bits per heavy atom. The molecule has 3 heterocycles. The maximum atomic E-state index is 12.9. The monoisotopic (exact) mass is 381 g/mol. The number of barbiturate groups is 1. The largest absolute Gasteiger partial charge is 0.497 e. The maximum absolute atomic E-state index is 12.9. The third kappa shape index (κ3) is 3.24. The highest BCUT2D eigenvalue weighted by Crippen LogP contribution is 2.27. The second-order valence-corrected chi connectivity index (χ2v) is 6.53. The minimum absolute atomic E-state index is 0.169. The number of carbonyl (C=O) groups is 3. The van der Waals surface area contributed by atoms with Gasteiger partial charge < -0.3 is 14.1 Å². The van der Waals surface area contributed by atoms with Gasteiger partial charge in [-0.15, -0.1) is 0 Å². The number of hydrogen-bond acceptors (Lipinski definition) is 6. The minimum Gasteiger partial charge on any atom is -0.497 e. The molecule has 0 spiro atoms. The number of amides is 4. The zero-order valence-electron chi connectivity index (χ0n) is 15.3. The summed E-state index contributed by atoms with van der Waals surface area (Å²) in [5.74, 6) is 0.211. The van der Waals surface area contributed by atoms with Crippen molar-refractivity contribution in [2.45, 2.75) is 12.8 Å². The number of nitrogens with one attached hydrogen (secondary N) is 1. The number of ether oxygens (including phenoxy) is 1. The fourth-order valence-corrected chi connectivity index (χ4v) is 3.29. The molecule has 8 nitrogen and oxygen atoms in total. The summed E-state index contributed by atoms with van der Waals surface area (Å²) < 4.78 is 10.8. The van der Waals surface area contributed by atoms with Crippen LogP contribution in [0.3, 0.4) is 0 Å². The molecule has 8 heteroatoms. The normalized spacial score (nSPS) is 18.8. The van der Waals surface area contributed by atoms with Crippen molar-refractivity contribution in [2.24, 2.45) is 0 Å². The lowest BCUT2D eigenvalue weighted by Crippen LogP contribution is -2.54. The molecule has 0 radical (unpaired) electrons. The third-order valence-electron chi connectivity index (χ3n) is 4.75. The van der Waals surface area contributed by atoms with Crippen LogP contribution < -0.4 is 19.9 Å². The van der Waals surface area contributed by atoms with Crippen LogP contribution in [0.4, 0.5) is 16.4 Å². The van der Waals surface area contributed by atoms with Crippen LogP contribution in [0.1, 0.15) is 18.6 Å². The molecule has 4 rings (SSSR count). The Hall–Kier alpha value is -3.55. The number of rotatable bonds is 4. The Kier molecular flexibility index (Phi) is 4.60. The zero-order chi connectivity index (χ0) is 19.7. The van der Waals surface area contributed by atoms with Gasteiger partial charge in [-0.3, -0.25) is 14.9 Å². The zero-order valence-corrected chi connectivity index (χ0v) is 15.3. The molecule has 2 saturated heterocycles. The van der Waals surface area contributed by atoms with E-state index < -0.39 is 17.8 Å². The highest BCUT2D eigenvalue weighted by Gasteiger charge is 2.37. The lowest BCUT2D eigenvalue weighted by Gasteiger charge is -2.26. The van der Waals surface area contributed by atoms with E-state index in [0.29, 0.717) is 23.1 Å². The van der Waals surface area contributed by atoms with Crippen LogP contribution in [0.15, 0.2) is 46.4 Å². The molecule has 0 bridgehead atoms. The molecular formula is C20H19N3O5. The molecule has 28 heavy (non-hydrogen) atoms. The van der Waals surface area contributed by atoms with Crippen molar-refractivity contribution in [3.8, 4) is 5.75 Å². The molecule has 0 saturated carbocycles. The highest BCUT2D eigenvalue weighted by atomic mass is 16.5. The SMILES string of the molecule is COc1ccc(N2C(=O)NC(=O)/C(=C\c3ccc(N4CCCC4)o3)C2=O)cc1. The van der Waals surface area contributed by atoms with Crippen LogP contribution in [0.2, 0.25) is 0 Å². The molecule has 1 aromatic carbocycles. The van der Waals surface area contributed by atoms with E-state index in [1.807, 2.05) is 6.07 Å². The Bertz CT molecular complexity index is 954. The molecule has 0 atom stereocenters. The van der Waals surface area contributed by atoms with E-state index >= 15 is 0 Å². The first-order valence-corrected chi connectivity index (χ1v) is 8.97. The Morgan fingerprint density at radius 1 is 1.04 bits per heavy atom. The average molecular weight is 381 g/mol. The molecule has 1 N–H and O–H groups in total. The summed E-state index contributed by atoms with van der Waals surface area (Å²) in [6, 6.07) is 9.12. The fraction of sp³-hybridized carbons (Fsp3) is 0.250. The summed E-state index contributed by atoms with van der Waals surface area (Å²) in [5, 5.41) is 2.19. The van der Waals surface area contributed by atoms with Crippen LogP contribution in [0.5, 0.6) is 5.75 Å². The van der Waals surface area contributed by atoms with Crippen molar-refractivity contribution in [3.05, 3.63) is 47.7 Å². The number of benzene rings is 1. The summed E-state index contributed by atoms with van der Waals surface area (Å²) in [4.78, 5) is 40.4. The number of urea groups is 1. The predicted octanol–water partition coefficient (Wildman–Crippen LogP) is 2.55. The third-order valence-corrected chi connectivity index (χ3v) is 4.75. The summed E-state index contributed by atoms with van der Waals surface area (Å²) in [7, 11) is 1.52. The van der Waals surface area contributed by atoms with Crippen LogP contribution >= 0.6 is 0 Å². The quantitative estimate of drug-likeness (QED) is 0.646. The Labute approximate surface area is 161 Å². The molecule has 0 unspecified atom stereocenters. The van der Waals surface area contributed by atoms with Gasteiger partial charge in [0.05, 0.1) is 12.8 Å². The molecule has 144 valence electrons. The smallest absolute Gasteiger partial charge is 0.335 e. The van der Waals surface area contributed by atoms with Crippen molar-refractivity contribution >= 4 is 35.5 Å². The van der Waals surface area contributed by atoms with Crippen LogP contribution in [-0.4, -0.2) is 38.0 Å². The van der Waals surface area contributed by atoms with Gasteiger partial charge in [-0.05, 0) is 49.2 Å². The van der Waals surface area contributed by atoms with Crippen molar-refractivity contribution in [3.63, 3.8) is 0 Å². The number of nitrogens with zero attached hydrogens (tertiary/aromatic N) is 2. The lowest BCUT2D eigenvalue weighted by molar-refractivity contribution is -0.122. The van der Waals surface area contributed by atoms with E-state index in [0.717, 1.165) is 30.8 Å². The molecule has 2 aliphatic heterocycles. The predicted molar refractivity (Wildman–Crippen MR) is 102 cm³/mol. The van der Waals surface area contributed by atoms with Gasteiger partial charge in [0.15, 0.2) is 5.88 Å². The number of hydrogen-bond donors (Lipinski definition) is 1. The van der Waals surface area contributed by atoms with E-state index in [9.17, 15) is 14.4 Å². The lowest BCUT2D eigenvalue weighted by atomic mass is 10.1. The molecule has 0 aliphatic carbocycles. The highest BCUT2D eigenvalue weighted by molar-refractivity contribution is 6.39. The van der Waals surface area contributed by atoms with Gasteiger partial charge in [0.2, 0.25) is 0 Å². The first kappa shape index (κ1) is 17.8. The van der Waals surface area contributed by atoms with Gasteiger partial charge in [-0.1, -0.05) is 0 Å². The number of methoxy groups -OCH3 is 1. The topological polar surface area (TPSA) is 92.1 Å². The second-order valence-electron chi connectivity index (χ2n) is 6.53. The van der Waals surface area contributed by atoms with Gasteiger partial charge in [0.25, 0.3) is 11.8 Å². The van der Waals surface area contributed by atoms with Gasteiger partial charge in [-0.2, -0.15) is 0 Å². The van der Waals surface area contributed by atoms with E-state index in [1.165, 1.54) is 13.2 Å². The second kappa shape index (κ2) is 7.22. The van der Waals surface area contributed by atoms with Gasteiger partial charge in [0.1, 0.15) is 17.1 Å². The van der Waals surface area contributed by atoms with Crippen LogP contribution in [0.25, 0.3) is 6.08 Å². The van der Waals surface area contributed by atoms with Crippen molar-refractivity contribution in [1.29, 1.82) is 0 Å². The minimum atomic E-state index is -0.797. The summed E-state index contributed by atoms with van der Waals surface area (Å²) in [5.41, 5.74) is 0.164. The van der Waals surface area contributed by atoms with E-state index in [2.05, 4.69) is 10.2 Å². The Balaban J connectivity index is 1.62. The number of anilines is 2. The molecule has 4 amide bonds. The van der Waals surface area contributed by atoms with E-state index in [-0.39, 0.29) is 5.57 Å². The standard InChI is InChI=1S/C20H19N3O5/c1-27-14-6-4-13(5-7-14)23-19(25)16(18(24)21-20(23)26)12-15-8-9-17(28-15)22-10-2-3-11-22/h4-9,12H,2-3,10-11H2,1H3,(H,21,24,26)/b16-12+. The molecule has 2 fully saturated rings. The summed E-state index contributed by atoms with van der Waals surface area (Å²) >= 11 is 0. The van der Waals surface area contributed by atoms with Crippen LogP contribution in [-0.2, 0) is 9.59 Å².